The quantitative estimate of drug-likeness (QED) is 0.695. The number of rotatable bonds is 7. The molecule has 2 aromatic carbocycles. The van der Waals surface area contributed by atoms with Gasteiger partial charge in [-0.25, -0.2) is 4.39 Å². The zero-order valence-electron chi connectivity index (χ0n) is 15.0. The molecule has 3 amide bonds. The molecule has 0 aliphatic carbocycles. The van der Waals surface area contributed by atoms with Crippen LogP contribution in [0.2, 0.25) is 0 Å². The summed E-state index contributed by atoms with van der Waals surface area (Å²) in [6, 6.07) is 10.4. The molecule has 0 saturated carbocycles. The maximum absolute atomic E-state index is 13.8. The molecule has 0 spiro atoms. The Labute approximate surface area is 155 Å². The minimum atomic E-state index is -0.662. The summed E-state index contributed by atoms with van der Waals surface area (Å²) in [4.78, 5) is 35.3. The maximum Gasteiger partial charge on any atom is 0.255 e. The minimum Gasteiger partial charge on any atom is -0.493 e. The normalized spacial score (nSPS) is 10.0. The highest BCUT2D eigenvalue weighted by molar-refractivity contribution is 6.01. The number of carbonyl (C=O) groups is 3. The Bertz CT molecular complexity index is 855. The van der Waals surface area contributed by atoms with Gasteiger partial charge in [-0.3, -0.25) is 14.4 Å². The van der Waals surface area contributed by atoms with E-state index in [2.05, 4.69) is 16.0 Å². The van der Waals surface area contributed by atoms with Crippen molar-refractivity contribution in [2.24, 2.45) is 0 Å². The Morgan fingerprint density at radius 3 is 2.52 bits per heavy atom. The Balaban J connectivity index is 1.98. The Morgan fingerprint density at radius 1 is 1.07 bits per heavy atom. The lowest BCUT2D eigenvalue weighted by Crippen LogP contribution is -2.33. The molecular weight excluding hydrogens is 353 g/mol. The van der Waals surface area contributed by atoms with Crippen molar-refractivity contribution in [1.29, 1.82) is 0 Å². The molecule has 0 bridgehead atoms. The van der Waals surface area contributed by atoms with Crippen molar-refractivity contribution in [1.82, 2.24) is 5.32 Å². The highest BCUT2D eigenvalue weighted by Gasteiger charge is 2.14. The largest absolute Gasteiger partial charge is 0.493 e. The molecule has 0 radical (unpaired) electrons. The average molecular weight is 373 g/mol. The number of para-hydroxylation sites is 1. The number of ether oxygens (including phenoxy) is 1. The van der Waals surface area contributed by atoms with Gasteiger partial charge in [-0.1, -0.05) is 12.1 Å². The van der Waals surface area contributed by atoms with Crippen LogP contribution in [-0.2, 0) is 9.59 Å². The van der Waals surface area contributed by atoms with Crippen LogP contribution in [0.1, 0.15) is 24.2 Å². The number of carbonyl (C=O) groups excluding carboxylic acids is 3. The Morgan fingerprint density at radius 2 is 1.81 bits per heavy atom. The second-order valence-electron chi connectivity index (χ2n) is 5.54. The van der Waals surface area contributed by atoms with Gasteiger partial charge in [-0.15, -0.1) is 0 Å². The molecule has 0 aliphatic rings. The number of amides is 3. The first-order chi connectivity index (χ1) is 12.9. The lowest BCUT2D eigenvalue weighted by molar-refractivity contribution is -0.115. The van der Waals surface area contributed by atoms with Crippen molar-refractivity contribution in [3.05, 3.63) is 53.8 Å². The van der Waals surface area contributed by atoms with E-state index < -0.39 is 17.6 Å². The van der Waals surface area contributed by atoms with E-state index in [9.17, 15) is 18.8 Å². The first-order valence-corrected chi connectivity index (χ1v) is 8.27. The molecule has 0 atom stereocenters. The lowest BCUT2D eigenvalue weighted by Gasteiger charge is -2.11. The van der Waals surface area contributed by atoms with Gasteiger partial charge in [0.2, 0.25) is 11.8 Å². The van der Waals surface area contributed by atoms with Gasteiger partial charge >= 0.3 is 0 Å². The first kappa shape index (κ1) is 19.9. The maximum atomic E-state index is 13.8. The third kappa shape index (κ3) is 5.81. The van der Waals surface area contributed by atoms with E-state index >= 15 is 0 Å². The highest BCUT2D eigenvalue weighted by Crippen LogP contribution is 2.20. The number of nitrogens with one attached hydrogen (secondary N) is 3. The number of halogens is 1. The number of anilines is 2. The van der Waals surface area contributed by atoms with Crippen molar-refractivity contribution >= 4 is 29.1 Å². The summed E-state index contributed by atoms with van der Waals surface area (Å²) < 4.78 is 19.2. The van der Waals surface area contributed by atoms with Gasteiger partial charge in [0.15, 0.2) is 0 Å². The molecule has 2 aromatic rings. The van der Waals surface area contributed by atoms with Crippen molar-refractivity contribution in [2.75, 3.05) is 23.8 Å². The smallest absolute Gasteiger partial charge is 0.255 e. The third-order valence-corrected chi connectivity index (χ3v) is 3.40. The molecule has 7 nitrogen and oxygen atoms in total. The zero-order chi connectivity index (χ0) is 19.8. The summed E-state index contributed by atoms with van der Waals surface area (Å²) in [7, 11) is 0. The van der Waals surface area contributed by atoms with E-state index in [1.165, 1.54) is 19.1 Å². The summed E-state index contributed by atoms with van der Waals surface area (Å²) in [5.41, 5.74) is 0.537. The average Bonchev–Trinajstić information content (AvgIpc) is 2.63. The fourth-order valence-electron chi connectivity index (χ4n) is 2.29. The molecular formula is C19H20FN3O4. The van der Waals surface area contributed by atoms with Crippen LogP contribution in [0.3, 0.4) is 0 Å². The van der Waals surface area contributed by atoms with E-state index in [4.69, 9.17) is 4.74 Å². The fraction of sp³-hybridized carbons (Fsp3) is 0.211. The minimum absolute atomic E-state index is 0.102. The Kier molecular flexibility index (Phi) is 6.87. The van der Waals surface area contributed by atoms with Gasteiger partial charge in [0, 0.05) is 12.6 Å². The van der Waals surface area contributed by atoms with Crippen LogP contribution in [0, 0.1) is 5.82 Å². The molecule has 0 unspecified atom stereocenters. The fourth-order valence-corrected chi connectivity index (χ4v) is 2.29. The second-order valence-corrected chi connectivity index (χ2v) is 5.54. The van der Waals surface area contributed by atoms with Crippen LogP contribution in [0.4, 0.5) is 15.8 Å². The molecule has 0 heterocycles. The number of benzene rings is 2. The molecule has 2 rings (SSSR count). The van der Waals surface area contributed by atoms with Crippen molar-refractivity contribution < 1.29 is 23.5 Å². The van der Waals surface area contributed by atoms with Crippen LogP contribution in [0.25, 0.3) is 0 Å². The van der Waals surface area contributed by atoms with Crippen molar-refractivity contribution in [3.8, 4) is 5.75 Å². The van der Waals surface area contributed by atoms with Crippen LogP contribution in [-0.4, -0.2) is 30.9 Å². The van der Waals surface area contributed by atoms with Gasteiger partial charge in [0.25, 0.3) is 5.91 Å². The van der Waals surface area contributed by atoms with Crippen LogP contribution >= 0.6 is 0 Å². The third-order valence-electron chi connectivity index (χ3n) is 3.40. The highest BCUT2D eigenvalue weighted by atomic mass is 19.1. The van der Waals surface area contributed by atoms with Crippen molar-refractivity contribution in [2.45, 2.75) is 13.8 Å². The van der Waals surface area contributed by atoms with Gasteiger partial charge in [0.1, 0.15) is 11.6 Å². The molecule has 0 saturated heterocycles. The Hall–Kier alpha value is -3.42. The molecule has 8 heteroatoms. The topological polar surface area (TPSA) is 96.5 Å². The van der Waals surface area contributed by atoms with E-state index in [0.29, 0.717) is 23.6 Å². The molecule has 27 heavy (non-hydrogen) atoms. The van der Waals surface area contributed by atoms with E-state index in [1.807, 2.05) is 0 Å². The predicted molar refractivity (Wildman–Crippen MR) is 99.3 cm³/mol. The van der Waals surface area contributed by atoms with E-state index in [-0.39, 0.29) is 18.1 Å². The van der Waals surface area contributed by atoms with Gasteiger partial charge < -0.3 is 20.7 Å². The summed E-state index contributed by atoms with van der Waals surface area (Å²) >= 11 is 0. The lowest BCUT2D eigenvalue weighted by atomic mass is 10.2. The van der Waals surface area contributed by atoms with Crippen molar-refractivity contribution in [3.63, 3.8) is 0 Å². The molecule has 3 N–H and O–H groups in total. The monoisotopic (exact) mass is 373 g/mol. The summed E-state index contributed by atoms with van der Waals surface area (Å²) in [6.45, 7) is 3.15. The van der Waals surface area contributed by atoms with E-state index in [0.717, 1.165) is 6.07 Å². The SMILES string of the molecule is CCOc1ccccc1C(=O)NCC(=O)Nc1cc(NC(C)=O)ccc1F. The standard InChI is InChI=1S/C19H20FN3O4/c1-3-27-17-7-5-4-6-14(17)19(26)21-11-18(25)23-16-10-13(22-12(2)24)8-9-15(16)20/h4-10H,3,11H2,1-2H3,(H,21,26)(H,22,24)(H,23,25). The predicted octanol–water partition coefficient (Wildman–Crippen LogP) is 2.55. The summed E-state index contributed by atoms with van der Waals surface area (Å²) in [5, 5.41) is 7.32. The summed E-state index contributed by atoms with van der Waals surface area (Å²) in [6.07, 6.45) is 0. The molecule has 142 valence electrons. The van der Waals surface area contributed by atoms with Crippen LogP contribution < -0.4 is 20.7 Å². The van der Waals surface area contributed by atoms with Crippen LogP contribution in [0.15, 0.2) is 42.5 Å². The first-order valence-electron chi connectivity index (χ1n) is 8.27. The summed E-state index contributed by atoms with van der Waals surface area (Å²) in [5.74, 6) is -1.67. The zero-order valence-corrected chi connectivity index (χ0v) is 15.0. The second kappa shape index (κ2) is 9.33. The number of hydrogen-bond acceptors (Lipinski definition) is 4. The van der Waals surface area contributed by atoms with Gasteiger partial charge in [-0.05, 0) is 37.3 Å². The van der Waals surface area contributed by atoms with Gasteiger partial charge in [-0.2, -0.15) is 0 Å². The van der Waals surface area contributed by atoms with Gasteiger partial charge in [0.05, 0.1) is 24.4 Å². The molecule has 0 aliphatic heterocycles. The molecule has 0 aromatic heterocycles. The number of hydrogen-bond donors (Lipinski definition) is 3. The van der Waals surface area contributed by atoms with E-state index in [1.54, 1.807) is 31.2 Å². The molecule has 0 fully saturated rings. The van der Waals surface area contributed by atoms with Crippen LogP contribution in [0.5, 0.6) is 5.75 Å².